The highest BCUT2D eigenvalue weighted by Gasteiger charge is 2.23. The van der Waals surface area contributed by atoms with Gasteiger partial charge in [0.2, 0.25) is 11.2 Å². The molecule has 0 saturated heterocycles. The summed E-state index contributed by atoms with van der Waals surface area (Å²) in [5.41, 5.74) is 0.0227. The molecule has 0 fully saturated rings. The van der Waals surface area contributed by atoms with E-state index in [2.05, 4.69) is 15.9 Å². The van der Waals surface area contributed by atoms with Crippen LogP contribution >= 0.6 is 15.9 Å². The molecule has 0 aliphatic rings. The van der Waals surface area contributed by atoms with Crippen LogP contribution in [0.2, 0.25) is 0 Å². The zero-order valence-electron chi connectivity index (χ0n) is 18.1. The predicted molar refractivity (Wildman–Crippen MR) is 130 cm³/mol. The second-order valence-electron chi connectivity index (χ2n) is 7.21. The van der Waals surface area contributed by atoms with Crippen molar-refractivity contribution >= 4 is 44.5 Å². The zero-order valence-corrected chi connectivity index (χ0v) is 19.7. The van der Waals surface area contributed by atoms with Gasteiger partial charge < -0.3 is 13.9 Å². The molecule has 0 unspecified atom stereocenters. The Morgan fingerprint density at radius 1 is 1.00 bits per heavy atom. The van der Waals surface area contributed by atoms with Crippen molar-refractivity contribution in [2.24, 2.45) is 0 Å². The lowest BCUT2D eigenvalue weighted by atomic mass is 10.0. The average molecular weight is 538 g/mol. The van der Waals surface area contributed by atoms with Gasteiger partial charge in [-0.05, 0) is 48.9 Å². The minimum absolute atomic E-state index is 0.0212. The van der Waals surface area contributed by atoms with Gasteiger partial charge in [0.15, 0.2) is 0 Å². The molecule has 4 aromatic rings. The van der Waals surface area contributed by atoms with Crippen LogP contribution in [0.15, 0.2) is 80.4 Å². The van der Waals surface area contributed by atoms with Gasteiger partial charge in [-0.3, -0.25) is 14.9 Å². The number of esters is 2. The fourth-order valence-electron chi connectivity index (χ4n) is 3.34. The number of non-ortho nitro benzene ring substituents is 1. The number of nitro groups is 1. The van der Waals surface area contributed by atoms with Crippen LogP contribution in [0.25, 0.3) is 22.1 Å². The minimum atomic E-state index is -0.808. The maximum atomic E-state index is 13.3. The van der Waals surface area contributed by atoms with Crippen molar-refractivity contribution in [3.63, 3.8) is 0 Å². The Balaban J connectivity index is 1.75. The van der Waals surface area contributed by atoms with Crippen molar-refractivity contribution in [1.29, 1.82) is 0 Å². The summed E-state index contributed by atoms with van der Waals surface area (Å²) in [7, 11) is 0. The van der Waals surface area contributed by atoms with Crippen LogP contribution in [0.3, 0.4) is 0 Å². The molecule has 0 amide bonds. The maximum Gasteiger partial charge on any atom is 0.375 e. The Morgan fingerprint density at radius 3 is 2.31 bits per heavy atom. The smallest absolute Gasteiger partial charge is 0.375 e. The van der Waals surface area contributed by atoms with Gasteiger partial charge in [-0.15, -0.1) is 0 Å². The zero-order chi connectivity index (χ0) is 25.1. The molecule has 0 bridgehead atoms. The van der Waals surface area contributed by atoms with Gasteiger partial charge in [-0.25, -0.2) is 9.59 Å². The van der Waals surface area contributed by atoms with Crippen molar-refractivity contribution in [3.8, 4) is 16.9 Å². The van der Waals surface area contributed by atoms with E-state index in [4.69, 9.17) is 13.9 Å². The Bertz CT molecular complexity index is 1510. The van der Waals surface area contributed by atoms with Crippen LogP contribution in [0.4, 0.5) is 5.69 Å². The molecule has 0 aliphatic heterocycles. The van der Waals surface area contributed by atoms with Gasteiger partial charge in [0.25, 0.3) is 5.69 Å². The number of hydrogen-bond acceptors (Lipinski definition) is 8. The number of ether oxygens (including phenoxy) is 2. The third kappa shape index (κ3) is 4.97. The third-order valence-corrected chi connectivity index (χ3v) is 5.51. The standard InChI is InChI=1S/C25H16BrNO8/c1-2-33-25(30)23-21(14-3-7-16(26)8-4-14)22(28)19-12-11-18(13-20(19)35-23)34-24(29)15-5-9-17(10-6-15)27(31)32/h3-13H,2H2,1H3. The number of halogens is 1. The van der Waals surface area contributed by atoms with E-state index in [0.717, 1.165) is 4.47 Å². The quantitative estimate of drug-likeness (QED) is 0.136. The van der Waals surface area contributed by atoms with Gasteiger partial charge in [0.1, 0.15) is 11.3 Å². The van der Waals surface area contributed by atoms with E-state index < -0.39 is 22.3 Å². The first-order chi connectivity index (χ1) is 16.8. The number of carbonyl (C=O) groups excluding carboxylic acids is 2. The van der Waals surface area contributed by atoms with Crippen molar-refractivity contribution in [1.82, 2.24) is 0 Å². The second-order valence-corrected chi connectivity index (χ2v) is 8.13. The van der Waals surface area contributed by atoms with Crippen LogP contribution in [-0.4, -0.2) is 23.5 Å². The molecule has 0 N–H and O–H groups in total. The number of hydrogen-bond donors (Lipinski definition) is 0. The summed E-state index contributed by atoms with van der Waals surface area (Å²) in [5, 5.41) is 11.0. The molecule has 176 valence electrons. The molecule has 10 heteroatoms. The largest absolute Gasteiger partial charge is 0.460 e. The third-order valence-electron chi connectivity index (χ3n) is 4.98. The molecule has 3 aromatic carbocycles. The van der Waals surface area contributed by atoms with Crippen molar-refractivity contribution < 1.29 is 28.4 Å². The Labute approximate surface area is 206 Å². The SMILES string of the molecule is CCOC(=O)c1oc2cc(OC(=O)c3ccc([N+](=O)[O-])cc3)ccc2c(=O)c1-c1ccc(Br)cc1. The van der Waals surface area contributed by atoms with Crippen LogP contribution in [0.5, 0.6) is 5.75 Å². The minimum Gasteiger partial charge on any atom is -0.460 e. The average Bonchev–Trinajstić information content (AvgIpc) is 2.84. The first-order valence-electron chi connectivity index (χ1n) is 10.3. The highest BCUT2D eigenvalue weighted by atomic mass is 79.9. The van der Waals surface area contributed by atoms with E-state index in [1.807, 2.05) is 0 Å². The number of benzene rings is 3. The first kappa shape index (κ1) is 23.8. The second kappa shape index (κ2) is 9.90. The normalized spacial score (nSPS) is 10.7. The molecule has 35 heavy (non-hydrogen) atoms. The predicted octanol–water partition coefficient (Wildman–Crippen LogP) is 5.53. The number of fused-ring (bicyclic) bond motifs is 1. The van der Waals surface area contributed by atoms with Gasteiger partial charge in [-0.2, -0.15) is 0 Å². The maximum absolute atomic E-state index is 13.3. The molecule has 1 heterocycles. The fourth-order valence-corrected chi connectivity index (χ4v) is 3.61. The monoisotopic (exact) mass is 537 g/mol. The molecule has 9 nitrogen and oxygen atoms in total. The van der Waals surface area contributed by atoms with E-state index in [1.165, 1.54) is 42.5 Å². The van der Waals surface area contributed by atoms with Crippen LogP contribution in [0, 0.1) is 10.1 Å². The van der Waals surface area contributed by atoms with E-state index in [1.54, 1.807) is 31.2 Å². The Kier molecular flexibility index (Phi) is 6.74. The van der Waals surface area contributed by atoms with Gasteiger partial charge in [0, 0.05) is 22.7 Å². The highest BCUT2D eigenvalue weighted by molar-refractivity contribution is 9.10. The van der Waals surface area contributed by atoms with Gasteiger partial charge in [-0.1, -0.05) is 28.1 Å². The summed E-state index contributed by atoms with van der Waals surface area (Å²) >= 11 is 3.34. The molecule has 0 spiro atoms. The summed E-state index contributed by atoms with van der Waals surface area (Å²) in [5.74, 6) is -1.79. The summed E-state index contributed by atoms with van der Waals surface area (Å²) in [4.78, 5) is 48.6. The lowest BCUT2D eigenvalue weighted by Crippen LogP contribution is -2.15. The summed E-state index contributed by atoms with van der Waals surface area (Å²) in [6.45, 7) is 1.71. The summed E-state index contributed by atoms with van der Waals surface area (Å²) < 4.78 is 17.0. The highest BCUT2D eigenvalue weighted by Crippen LogP contribution is 2.29. The molecule has 0 radical (unpaired) electrons. The van der Waals surface area contributed by atoms with Gasteiger partial charge >= 0.3 is 11.9 Å². The van der Waals surface area contributed by atoms with Gasteiger partial charge in [0.05, 0.1) is 28.0 Å². The van der Waals surface area contributed by atoms with E-state index in [9.17, 15) is 24.5 Å². The van der Waals surface area contributed by atoms with E-state index >= 15 is 0 Å². The number of nitrogens with zero attached hydrogens (tertiary/aromatic N) is 1. The molecular formula is C25H16BrNO8. The molecule has 4 rings (SSSR count). The fraction of sp³-hybridized carbons (Fsp3) is 0.0800. The Morgan fingerprint density at radius 2 is 1.69 bits per heavy atom. The number of nitro benzene ring substituents is 1. The van der Waals surface area contributed by atoms with Crippen LogP contribution in [0.1, 0.15) is 27.8 Å². The lowest BCUT2D eigenvalue weighted by Gasteiger charge is -2.11. The summed E-state index contributed by atoms with van der Waals surface area (Å²) in [6, 6.07) is 15.9. The number of carbonyl (C=O) groups is 2. The first-order valence-corrected chi connectivity index (χ1v) is 11.1. The summed E-state index contributed by atoms with van der Waals surface area (Å²) in [6.07, 6.45) is 0. The molecule has 0 saturated carbocycles. The molecule has 1 aromatic heterocycles. The Hall–Kier alpha value is -4.31. The molecule has 0 aliphatic carbocycles. The van der Waals surface area contributed by atoms with Crippen molar-refractivity contribution in [2.45, 2.75) is 6.92 Å². The topological polar surface area (TPSA) is 126 Å². The van der Waals surface area contributed by atoms with Crippen LogP contribution < -0.4 is 10.2 Å². The molecule has 0 atom stereocenters. The number of rotatable bonds is 6. The van der Waals surface area contributed by atoms with Crippen molar-refractivity contribution in [3.05, 3.63) is 103 Å². The van der Waals surface area contributed by atoms with Crippen LogP contribution in [-0.2, 0) is 4.74 Å². The van der Waals surface area contributed by atoms with E-state index in [-0.39, 0.29) is 45.9 Å². The molecular weight excluding hydrogens is 522 g/mol. The lowest BCUT2D eigenvalue weighted by molar-refractivity contribution is -0.384. The van der Waals surface area contributed by atoms with E-state index in [0.29, 0.717) is 5.56 Å². The van der Waals surface area contributed by atoms with Crippen molar-refractivity contribution in [2.75, 3.05) is 6.61 Å².